The third-order valence-electron chi connectivity index (χ3n) is 10.6. The monoisotopic (exact) mass is 992 g/mol. The number of benzene rings is 2. The third kappa shape index (κ3) is 11.2. The van der Waals surface area contributed by atoms with Crippen LogP contribution in [0.15, 0.2) is 64.4 Å². The van der Waals surface area contributed by atoms with Gasteiger partial charge in [0.1, 0.15) is 6.10 Å². The minimum atomic E-state index is -4.31. The molecule has 4 heterocycles. The molecule has 0 saturated carbocycles. The van der Waals surface area contributed by atoms with Crippen LogP contribution in [0.4, 0.5) is 15.4 Å². The van der Waals surface area contributed by atoms with Gasteiger partial charge in [0.15, 0.2) is 17.3 Å². The van der Waals surface area contributed by atoms with Crippen LogP contribution in [0.1, 0.15) is 53.7 Å². The number of hydrogen-bond donors (Lipinski definition) is 5. The van der Waals surface area contributed by atoms with Gasteiger partial charge in [-0.1, -0.05) is 35.9 Å². The lowest BCUT2D eigenvalue weighted by molar-refractivity contribution is -0.121. The van der Waals surface area contributed by atoms with Gasteiger partial charge in [-0.15, -0.1) is 17.0 Å². The first kappa shape index (κ1) is 45.0. The number of rotatable bonds is 12. The minimum absolute atomic E-state index is 0. The van der Waals surface area contributed by atoms with E-state index in [-0.39, 0.29) is 71.1 Å². The third-order valence-corrected chi connectivity index (χ3v) is 12.8. The second-order valence-corrected chi connectivity index (χ2v) is 17.5. The predicted molar refractivity (Wildman–Crippen MR) is 230 cm³/mol. The maximum atomic E-state index is 13.2. The second-order valence-electron chi connectivity index (χ2n) is 14.8. The Balaban J connectivity index is 0.00000604. The topological polar surface area (TPSA) is 236 Å². The minimum Gasteiger partial charge on any atom is -0.444 e. The number of ketones is 1. The fourth-order valence-electron chi connectivity index (χ4n) is 7.60. The molecular weight excluding hydrogens is 952 g/mol. The number of nitrogens with zero attached hydrogens (tertiary/aromatic N) is 5. The van der Waals surface area contributed by atoms with Crippen molar-refractivity contribution in [1.29, 1.82) is 0 Å². The van der Waals surface area contributed by atoms with Gasteiger partial charge in [0, 0.05) is 49.0 Å². The Bertz CT molecular complexity index is 2410. The number of piperidine rings is 2. The van der Waals surface area contributed by atoms with E-state index >= 15 is 0 Å². The fraction of sp³-hybridized carbons (Fsp3) is 0.421. The summed E-state index contributed by atoms with van der Waals surface area (Å²) in [7, 11) is -4.31. The zero-order valence-corrected chi connectivity index (χ0v) is 36.9. The highest BCUT2D eigenvalue weighted by molar-refractivity contribution is 9.10. The number of carbonyl (C=O) groups excluding carboxylic acids is 4. The molecule has 1 aliphatic carbocycles. The van der Waals surface area contributed by atoms with Gasteiger partial charge in [-0.25, -0.2) is 29.3 Å². The Labute approximate surface area is 369 Å². The summed E-state index contributed by atoms with van der Waals surface area (Å²) >= 11 is 9.46. The van der Waals surface area contributed by atoms with Crippen molar-refractivity contribution in [3.8, 4) is 0 Å². The van der Waals surface area contributed by atoms with Crippen LogP contribution in [0.25, 0.3) is 10.9 Å². The van der Waals surface area contributed by atoms with E-state index in [0.29, 0.717) is 73.2 Å². The maximum Gasteiger partial charge on any atom is 0.422 e. The lowest BCUT2D eigenvalue weighted by atomic mass is 9.96. The first-order valence-corrected chi connectivity index (χ1v) is 21.8. The number of fused-ring (bicyclic) bond motifs is 2. The Morgan fingerprint density at radius 3 is 2.45 bits per heavy atom. The van der Waals surface area contributed by atoms with Crippen LogP contribution in [0.2, 0.25) is 5.02 Å². The largest absolute Gasteiger partial charge is 0.444 e. The quantitative estimate of drug-likeness (QED) is 0.137. The summed E-state index contributed by atoms with van der Waals surface area (Å²) in [6.45, 7) is 0.907. The van der Waals surface area contributed by atoms with Gasteiger partial charge in [0.05, 0.1) is 34.8 Å². The van der Waals surface area contributed by atoms with E-state index in [1.54, 1.807) is 11.0 Å². The normalized spacial score (nSPS) is 18.3. The number of carbonyl (C=O) groups is 4. The molecule has 7 rings (SSSR count). The number of likely N-dealkylation sites (tertiary alicyclic amines) is 1. The van der Waals surface area contributed by atoms with Crippen molar-refractivity contribution in [2.75, 3.05) is 31.5 Å². The molecule has 0 unspecified atom stereocenters. The predicted octanol–water partition coefficient (Wildman–Crippen LogP) is 3.66. The van der Waals surface area contributed by atoms with Gasteiger partial charge < -0.3 is 20.3 Å². The van der Waals surface area contributed by atoms with Gasteiger partial charge in [-0.05, 0) is 90.2 Å². The van der Waals surface area contributed by atoms with E-state index in [1.165, 1.54) is 40.5 Å². The van der Waals surface area contributed by atoms with Crippen molar-refractivity contribution in [2.45, 2.75) is 69.7 Å². The highest BCUT2D eigenvalue weighted by Crippen LogP contribution is 2.26. The molecule has 18 nitrogen and oxygen atoms in total. The number of halogens is 3. The van der Waals surface area contributed by atoms with E-state index in [2.05, 4.69) is 51.6 Å². The molecule has 60 heavy (non-hydrogen) atoms. The zero-order valence-electron chi connectivity index (χ0n) is 32.1. The van der Waals surface area contributed by atoms with Crippen LogP contribution in [0.3, 0.4) is 0 Å². The van der Waals surface area contributed by atoms with E-state index in [9.17, 15) is 32.4 Å². The van der Waals surface area contributed by atoms with Crippen LogP contribution < -0.4 is 31.0 Å². The standard InChI is InChI=1S/C38H42BrClN10O8S.BrH/c39-28-18-30-27(17-29(28)40)36(53)50(21-44-30)20-26(51)16-31-32(6-3-9-41-31)58-38(55)48-59(56,57)45-19-22-7-12-49(13-8-22)37(54)47-34-33(42-10-11-43-34)35(52)46-25-14-23-4-1-2-5-24(23)15-25;/h1-2,4-5,10-11,17-18,21-22,25,31-32,41,45H,3,6-9,12-16,19-20H2,(H,46,52)(H,48,55)(H,43,47,54);1H/t31-,32+;/m0./s1. The van der Waals surface area contributed by atoms with Gasteiger partial charge in [-0.2, -0.15) is 13.1 Å². The molecule has 0 spiro atoms. The summed E-state index contributed by atoms with van der Waals surface area (Å²) in [6, 6.07) is 9.93. The molecule has 2 aliphatic heterocycles. The van der Waals surface area contributed by atoms with E-state index in [4.69, 9.17) is 16.3 Å². The van der Waals surface area contributed by atoms with Crippen LogP contribution in [-0.4, -0.2) is 101 Å². The number of nitrogens with one attached hydrogen (secondary N) is 5. The number of ether oxygens (including phenoxy) is 1. The average Bonchev–Trinajstić information content (AvgIpc) is 3.62. The molecule has 2 aromatic heterocycles. The molecule has 5 N–H and O–H groups in total. The number of amides is 4. The number of hydrogen-bond acceptors (Lipinski definition) is 12. The average molecular weight is 995 g/mol. The molecule has 3 aliphatic rings. The van der Waals surface area contributed by atoms with Crippen molar-refractivity contribution in [3.05, 3.63) is 91.8 Å². The Morgan fingerprint density at radius 1 is 1.00 bits per heavy atom. The van der Waals surface area contributed by atoms with Crippen LogP contribution in [-0.2, 0) is 39.1 Å². The van der Waals surface area contributed by atoms with Crippen molar-refractivity contribution in [3.63, 3.8) is 0 Å². The molecule has 0 bridgehead atoms. The molecule has 2 fully saturated rings. The lowest BCUT2D eigenvalue weighted by Gasteiger charge is -2.32. The van der Waals surface area contributed by atoms with Gasteiger partial charge in [-0.3, -0.25) is 24.3 Å². The number of anilines is 1. The molecule has 2 atom stereocenters. The summed E-state index contributed by atoms with van der Waals surface area (Å²) < 4.78 is 37.2. The molecule has 2 aromatic carbocycles. The first-order chi connectivity index (χ1) is 28.3. The molecule has 0 radical (unpaired) electrons. The molecule has 22 heteroatoms. The van der Waals surface area contributed by atoms with E-state index < -0.39 is 45.9 Å². The molecule has 2 saturated heterocycles. The molecule has 320 valence electrons. The zero-order chi connectivity index (χ0) is 41.7. The lowest BCUT2D eigenvalue weighted by Crippen LogP contribution is -2.51. The highest BCUT2D eigenvalue weighted by atomic mass is 79.9. The van der Waals surface area contributed by atoms with E-state index in [0.717, 1.165) is 0 Å². The Morgan fingerprint density at radius 2 is 1.72 bits per heavy atom. The van der Waals surface area contributed by atoms with Crippen molar-refractivity contribution in [2.24, 2.45) is 5.92 Å². The Hall–Kier alpha value is -4.54. The smallest absolute Gasteiger partial charge is 0.422 e. The van der Waals surface area contributed by atoms with Gasteiger partial charge >= 0.3 is 22.3 Å². The Kier molecular flexibility index (Phi) is 14.9. The summed E-state index contributed by atoms with van der Waals surface area (Å²) in [4.78, 5) is 79.4. The summed E-state index contributed by atoms with van der Waals surface area (Å²) in [6.07, 6.45) is 5.32. The molecular formula is C38H43Br2ClN10O8S. The fourth-order valence-corrected chi connectivity index (χ4v) is 8.89. The van der Waals surface area contributed by atoms with Crippen molar-refractivity contribution in [1.82, 2.24) is 44.5 Å². The van der Waals surface area contributed by atoms with Crippen molar-refractivity contribution >= 4 is 95.3 Å². The van der Waals surface area contributed by atoms with Gasteiger partial charge in [0.2, 0.25) is 0 Å². The first-order valence-electron chi connectivity index (χ1n) is 19.1. The van der Waals surface area contributed by atoms with Crippen LogP contribution >= 0.6 is 44.5 Å². The highest BCUT2D eigenvalue weighted by Gasteiger charge is 2.32. The number of Topliss-reactive ketones (excluding diaryl/α,β-unsaturated/α-hetero) is 1. The number of aromatic nitrogens is 4. The molecule has 4 aromatic rings. The summed E-state index contributed by atoms with van der Waals surface area (Å²) in [5, 5.41) is 9.44. The molecule has 4 amide bonds. The SMILES string of the molecule is Br.O=C(C[C@@H]1NCCC[C@H]1OC(=O)NS(=O)(=O)NCC1CCN(C(=O)Nc2nccnc2C(=O)NC2Cc3ccccc3C2)CC1)Cn1cnc2cc(Br)c(Cl)cc2c1=O. The summed E-state index contributed by atoms with van der Waals surface area (Å²) in [5.41, 5.74) is 2.35. The second kappa shape index (κ2) is 19.9. The van der Waals surface area contributed by atoms with E-state index in [1.807, 2.05) is 29.0 Å². The van der Waals surface area contributed by atoms with Crippen LogP contribution in [0, 0.1) is 5.92 Å². The summed E-state index contributed by atoms with van der Waals surface area (Å²) in [5.74, 6) is -0.863. The van der Waals surface area contributed by atoms with Gasteiger partial charge in [0.25, 0.3) is 11.5 Å². The van der Waals surface area contributed by atoms with Crippen molar-refractivity contribution < 1.29 is 32.3 Å². The van der Waals surface area contributed by atoms with Crippen LogP contribution in [0.5, 0.6) is 0 Å². The number of urea groups is 1. The maximum absolute atomic E-state index is 13.2.